The van der Waals surface area contributed by atoms with Gasteiger partial charge in [-0.15, -0.1) is 0 Å². The average Bonchev–Trinajstić information content (AvgIpc) is 2.93. The number of anilines is 1. The van der Waals surface area contributed by atoms with Gasteiger partial charge >= 0.3 is 0 Å². The van der Waals surface area contributed by atoms with Crippen LogP contribution >= 0.6 is 15.9 Å². The molecule has 0 amide bonds. The van der Waals surface area contributed by atoms with Crippen molar-refractivity contribution >= 4 is 21.6 Å². The third-order valence-corrected chi connectivity index (χ3v) is 4.47. The maximum atomic E-state index is 5.49. The lowest BCUT2D eigenvalue weighted by Gasteiger charge is -2.25. The van der Waals surface area contributed by atoms with Crippen molar-refractivity contribution in [3.05, 3.63) is 28.2 Å². The van der Waals surface area contributed by atoms with Crippen LogP contribution in [0.1, 0.15) is 38.3 Å². The molecule has 1 aliphatic rings. The monoisotopic (exact) mass is 340 g/mol. The highest BCUT2D eigenvalue weighted by molar-refractivity contribution is 9.10. The second-order valence-electron chi connectivity index (χ2n) is 5.47. The van der Waals surface area contributed by atoms with Crippen LogP contribution in [0, 0.1) is 0 Å². The molecule has 0 aliphatic carbocycles. The lowest BCUT2D eigenvalue weighted by atomic mass is 10.1. The van der Waals surface area contributed by atoms with Gasteiger partial charge in [-0.1, -0.05) is 22.9 Å². The number of ether oxygens (including phenoxy) is 1. The van der Waals surface area contributed by atoms with E-state index in [0.29, 0.717) is 12.1 Å². The van der Waals surface area contributed by atoms with Crippen LogP contribution < -0.4 is 10.2 Å². The van der Waals surface area contributed by atoms with Crippen molar-refractivity contribution in [1.29, 1.82) is 0 Å². The number of hydrogen-bond donors (Lipinski definition) is 1. The minimum Gasteiger partial charge on any atom is -0.380 e. The minimum atomic E-state index is 0.365. The van der Waals surface area contributed by atoms with Crippen LogP contribution in [0.15, 0.2) is 22.7 Å². The van der Waals surface area contributed by atoms with Crippen LogP contribution in [0.2, 0.25) is 0 Å². The van der Waals surface area contributed by atoms with E-state index in [1.165, 1.54) is 11.3 Å². The fraction of sp³-hybridized carbons (Fsp3) is 0.625. The summed E-state index contributed by atoms with van der Waals surface area (Å²) >= 11 is 3.60. The Morgan fingerprint density at radius 2 is 2.30 bits per heavy atom. The number of rotatable bonds is 6. The van der Waals surface area contributed by atoms with E-state index in [0.717, 1.165) is 36.9 Å². The summed E-state index contributed by atoms with van der Waals surface area (Å²) in [5, 5.41) is 3.59. The summed E-state index contributed by atoms with van der Waals surface area (Å²) in [6.07, 6.45) is 2.64. The Hall–Kier alpha value is -0.580. The van der Waals surface area contributed by atoms with Crippen molar-refractivity contribution in [3.8, 4) is 0 Å². The van der Waals surface area contributed by atoms with Gasteiger partial charge in [-0.3, -0.25) is 0 Å². The highest BCUT2D eigenvalue weighted by Crippen LogP contribution is 2.32. The maximum absolute atomic E-state index is 5.49. The average molecular weight is 341 g/mol. The highest BCUT2D eigenvalue weighted by Gasteiger charge is 2.25. The number of methoxy groups -OCH3 is 1. The molecule has 2 rings (SSSR count). The predicted octanol–water partition coefficient (Wildman–Crippen LogP) is 3.73. The normalized spacial score (nSPS) is 20.4. The molecule has 1 heterocycles. The molecule has 0 saturated carbocycles. The second kappa shape index (κ2) is 7.43. The zero-order chi connectivity index (χ0) is 14.5. The lowest BCUT2D eigenvalue weighted by Crippen LogP contribution is -2.26. The molecule has 20 heavy (non-hydrogen) atoms. The molecular formula is C16H25BrN2O. The molecule has 1 fully saturated rings. The minimum absolute atomic E-state index is 0.365. The highest BCUT2D eigenvalue weighted by atomic mass is 79.9. The molecule has 0 spiro atoms. The van der Waals surface area contributed by atoms with Crippen molar-refractivity contribution in [2.45, 2.75) is 38.8 Å². The SMILES string of the molecule is CCCNC(C)c1cc(Br)ccc1N1CCC(OC)C1. The standard InChI is InChI=1S/C16H25BrN2O/c1-4-8-18-12(2)15-10-13(17)5-6-16(15)19-9-7-14(11-19)20-3/h5-6,10,12,14,18H,4,7-9,11H2,1-3H3. The zero-order valence-electron chi connectivity index (χ0n) is 12.7. The van der Waals surface area contributed by atoms with E-state index >= 15 is 0 Å². The molecule has 1 saturated heterocycles. The molecule has 112 valence electrons. The first kappa shape index (κ1) is 15.8. The topological polar surface area (TPSA) is 24.5 Å². The van der Waals surface area contributed by atoms with Gasteiger partial charge in [-0.2, -0.15) is 0 Å². The number of halogens is 1. The Labute approximate surface area is 130 Å². The Bertz CT molecular complexity index is 438. The Kier molecular flexibility index (Phi) is 5.87. The van der Waals surface area contributed by atoms with Gasteiger partial charge < -0.3 is 15.0 Å². The molecule has 0 bridgehead atoms. The molecule has 2 unspecified atom stereocenters. The van der Waals surface area contributed by atoms with Gasteiger partial charge in [-0.05, 0) is 50.1 Å². The molecule has 1 N–H and O–H groups in total. The van der Waals surface area contributed by atoms with E-state index < -0.39 is 0 Å². The lowest BCUT2D eigenvalue weighted by molar-refractivity contribution is 0.121. The van der Waals surface area contributed by atoms with Crippen molar-refractivity contribution in [1.82, 2.24) is 5.32 Å². The van der Waals surface area contributed by atoms with Crippen LogP contribution in [-0.4, -0.2) is 32.8 Å². The van der Waals surface area contributed by atoms with Gasteiger partial charge in [-0.25, -0.2) is 0 Å². The first-order valence-corrected chi connectivity index (χ1v) is 8.25. The summed E-state index contributed by atoms with van der Waals surface area (Å²) in [6.45, 7) is 7.56. The Morgan fingerprint density at radius 1 is 1.50 bits per heavy atom. The summed E-state index contributed by atoms with van der Waals surface area (Å²) < 4.78 is 6.63. The maximum Gasteiger partial charge on any atom is 0.0762 e. The Morgan fingerprint density at radius 3 is 2.95 bits per heavy atom. The summed E-state index contributed by atoms with van der Waals surface area (Å²) in [5.41, 5.74) is 2.70. The molecule has 0 aromatic heterocycles. The van der Waals surface area contributed by atoms with Crippen LogP contribution in [0.4, 0.5) is 5.69 Å². The summed E-state index contributed by atoms with van der Waals surface area (Å²) in [4.78, 5) is 2.44. The molecule has 0 radical (unpaired) electrons. The first-order chi connectivity index (χ1) is 9.65. The largest absolute Gasteiger partial charge is 0.380 e. The second-order valence-corrected chi connectivity index (χ2v) is 6.39. The third kappa shape index (κ3) is 3.74. The summed E-state index contributed by atoms with van der Waals surface area (Å²) in [5.74, 6) is 0. The molecule has 1 aromatic carbocycles. The summed E-state index contributed by atoms with van der Waals surface area (Å²) in [6, 6.07) is 6.96. The molecule has 1 aliphatic heterocycles. The molecule has 3 nitrogen and oxygen atoms in total. The van der Waals surface area contributed by atoms with Crippen molar-refractivity contribution in [2.75, 3.05) is 31.6 Å². The van der Waals surface area contributed by atoms with Gasteiger partial charge in [0.2, 0.25) is 0 Å². The number of nitrogens with zero attached hydrogens (tertiary/aromatic N) is 1. The number of nitrogens with one attached hydrogen (secondary N) is 1. The van der Waals surface area contributed by atoms with E-state index in [-0.39, 0.29) is 0 Å². The van der Waals surface area contributed by atoms with Crippen LogP contribution in [0.25, 0.3) is 0 Å². The van der Waals surface area contributed by atoms with E-state index in [2.05, 4.69) is 58.2 Å². The number of hydrogen-bond acceptors (Lipinski definition) is 3. The fourth-order valence-electron chi connectivity index (χ4n) is 2.77. The van der Waals surface area contributed by atoms with Gasteiger partial charge in [0.05, 0.1) is 6.10 Å². The van der Waals surface area contributed by atoms with Crippen molar-refractivity contribution < 1.29 is 4.74 Å². The molecule has 2 atom stereocenters. The van der Waals surface area contributed by atoms with Crippen molar-refractivity contribution in [2.24, 2.45) is 0 Å². The third-order valence-electron chi connectivity index (χ3n) is 3.98. The molecule has 1 aromatic rings. The van der Waals surface area contributed by atoms with Gasteiger partial charge in [0.25, 0.3) is 0 Å². The smallest absolute Gasteiger partial charge is 0.0762 e. The first-order valence-electron chi connectivity index (χ1n) is 7.46. The molecular weight excluding hydrogens is 316 g/mol. The van der Waals surface area contributed by atoms with Gasteiger partial charge in [0.15, 0.2) is 0 Å². The van der Waals surface area contributed by atoms with E-state index in [4.69, 9.17) is 4.74 Å². The quantitative estimate of drug-likeness (QED) is 0.853. The van der Waals surface area contributed by atoms with Gasteiger partial charge in [0.1, 0.15) is 0 Å². The van der Waals surface area contributed by atoms with Crippen LogP contribution in [0.5, 0.6) is 0 Å². The Balaban J connectivity index is 2.19. The zero-order valence-corrected chi connectivity index (χ0v) is 14.2. The predicted molar refractivity (Wildman–Crippen MR) is 88.5 cm³/mol. The van der Waals surface area contributed by atoms with E-state index in [1.54, 1.807) is 0 Å². The molecule has 4 heteroatoms. The van der Waals surface area contributed by atoms with Gasteiger partial charge in [0, 0.05) is 36.4 Å². The number of benzene rings is 1. The van der Waals surface area contributed by atoms with Crippen molar-refractivity contribution in [3.63, 3.8) is 0 Å². The van der Waals surface area contributed by atoms with E-state index in [9.17, 15) is 0 Å². The van der Waals surface area contributed by atoms with E-state index in [1.807, 2.05) is 7.11 Å². The van der Waals surface area contributed by atoms with Crippen LogP contribution in [-0.2, 0) is 4.74 Å². The fourth-order valence-corrected chi connectivity index (χ4v) is 3.15. The summed E-state index contributed by atoms with van der Waals surface area (Å²) in [7, 11) is 1.81. The van der Waals surface area contributed by atoms with Crippen LogP contribution in [0.3, 0.4) is 0 Å².